The van der Waals surface area contributed by atoms with Crippen LogP contribution in [0.3, 0.4) is 0 Å². The first-order valence-electron chi connectivity index (χ1n) is 7.24. The molecule has 1 amide bonds. The molecule has 5 nitrogen and oxygen atoms in total. The molecule has 5 heteroatoms. The Labute approximate surface area is 124 Å². The SMILES string of the molecule is O=C(CC1(C(=O)O)CCCC1)NCc1cccc(CO)c1. The van der Waals surface area contributed by atoms with Gasteiger partial charge in [-0.15, -0.1) is 0 Å². The van der Waals surface area contributed by atoms with Gasteiger partial charge in [0.25, 0.3) is 0 Å². The Balaban J connectivity index is 1.91. The molecule has 1 fully saturated rings. The van der Waals surface area contributed by atoms with Gasteiger partial charge in [0.2, 0.25) is 5.91 Å². The van der Waals surface area contributed by atoms with Gasteiger partial charge < -0.3 is 15.5 Å². The lowest BCUT2D eigenvalue weighted by atomic mass is 9.82. The predicted octanol–water partition coefficient (Wildman–Crippen LogP) is 1.83. The molecular weight excluding hydrogens is 270 g/mol. The van der Waals surface area contributed by atoms with Crippen molar-refractivity contribution in [1.29, 1.82) is 0 Å². The van der Waals surface area contributed by atoms with E-state index < -0.39 is 11.4 Å². The fourth-order valence-electron chi connectivity index (χ4n) is 2.93. The predicted molar refractivity (Wildman–Crippen MR) is 77.4 cm³/mol. The van der Waals surface area contributed by atoms with E-state index in [4.69, 9.17) is 5.11 Å². The number of rotatable bonds is 6. The summed E-state index contributed by atoms with van der Waals surface area (Å²) in [6.07, 6.45) is 2.95. The lowest BCUT2D eigenvalue weighted by Crippen LogP contribution is -2.35. The van der Waals surface area contributed by atoms with Crippen molar-refractivity contribution in [2.45, 2.75) is 45.3 Å². The second-order valence-corrected chi connectivity index (χ2v) is 5.72. The first kappa shape index (κ1) is 15.5. The van der Waals surface area contributed by atoms with Crippen molar-refractivity contribution in [3.8, 4) is 0 Å². The number of aliphatic carboxylic acids is 1. The zero-order chi connectivity index (χ0) is 15.3. The summed E-state index contributed by atoms with van der Waals surface area (Å²) < 4.78 is 0. The maximum atomic E-state index is 12.0. The van der Waals surface area contributed by atoms with Crippen LogP contribution in [0.4, 0.5) is 0 Å². The summed E-state index contributed by atoms with van der Waals surface area (Å²) in [5, 5.41) is 21.2. The van der Waals surface area contributed by atoms with Crippen LogP contribution in [0.25, 0.3) is 0 Å². The third kappa shape index (κ3) is 3.82. The van der Waals surface area contributed by atoms with E-state index in [9.17, 15) is 14.7 Å². The molecule has 1 aliphatic rings. The van der Waals surface area contributed by atoms with E-state index in [-0.39, 0.29) is 18.9 Å². The van der Waals surface area contributed by atoms with Crippen molar-refractivity contribution < 1.29 is 19.8 Å². The standard InChI is InChI=1S/C16H21NO4/c18-11-13-5-3-4-12(8-13)10-17-14(19)9-16(15(20)21)6-1-2-7-16/h3-5,8,18H,1-2,6-7,9-11H2,(H,17,19)(H,20,21). The van der Waals surface area contributed by atoms with Gasteiger partial charge in [-0.05, 0) is 24.0 Å². The van der Waals surface area contributed by atoms with Crippen LogP contribution in [-0.2, 0) is 22.7 Å². The summed E-state index contributed by atoms with van der Waals surface area (Å²) in [5.41, 5.74) is 0.807. The van der Waals surface area contributed by atoms with Gasteiger partial charge in [0.15, 0.2) is 0 Å². The molecule has 0 aliphatic heterocycles. The monoisotopic (exact) mass is 291 g/mol. The number of carboxylic acids is 1. The Kier molecular flexibility index (Phi) is 4.96. The highest BCUT2D eigenvalue weighted by Gasteiger charge is 2.42. The number of aliphatic hydroxyl groups is 1. The highest BCUT2D eigenvalue weighted by atomic mass is 16.4. The van der Waals surface area contributed by atoms with Gasteiger partial charge in [0.1, 0.15) is 0 Å². The van der Waals surface area contributed by atoms with Crippen LogP contribution in [0.15, 0.2) is 24.3 Å². The van der Waals surface area contributed by atoms with Gasteiger partial charge in [-0.25, -0.2) is 0 Å². The maximum absolute atomic E-state index is 12.0. The normalized spacial score (nSPS) is 16.6. The molecule has 0 aromatic heterocycles. The highest BCUT2D eigenvalue weighted by molar-refractivity contribution is 5.85. The van der Waals surface area contributed by atoms with Gasteiger partial charge in [0, 0.05) is 13.0 Å². The molecule has 21 heavy (non-hydrogen) atoms. The number of carboxylic acid groups (broad SMARTS) is 1. The smallest absolute Gasteiger partial charge is 0.310 e. The minimum atomic E-state index is -0.878. The van der Waals surface area contributed by atoms with Crippen LogP contribution in [-0.4, -0.2) is 22.1 Å². The van der Waals surface area contributed by atoms with Crippen molar-refractivity contribution >= 4 is 11.9 Å². The summed E-state index contributed by atoms with van der Waals surface area (Å²) in [6, 6.07) is 7.32. The van der Waals surface area contributed by atoms with Crippen LogP contribution in [0.2, 0.25) is 0 Å². The summed E-state index contributed by atoms with van der Waals surface area (Å²) in [5.74, 6) is -1.09. The third-order valence-corrected chi connectivity index (χ3v) is 4.18. The Hall–Kier alpha value is -1.88. The van der Waals surface area contributed by atoms with Crippen molar-refractivity contribution in [2.75, 3.05) is 0 Å². The number of hydrogen-bond acceptors (Lipinski definition) is 3. The van der Waals surface area contributed by atoms with Crippen molar-refractivity contribution in [3.63, 3.8) is 0 Å². The third-order valence-electron chi connectivity index (χ3n) is 4.18. The molecule has 0 atom stereocenters. The summed E-state index contributed by atoms with van der Waals surface area (Å²) in [6.45, 7) is 0.312. The molecule has 2 rings (SSSR count). The topological polar surface area (TPSA) is 86.6 Å². The number of aliphatic hydroxyl groups excluding tert-OH is 1. The molecule has 0 saturated heterocycles. The molecule has 114 valence electrons. The Bertz CT molecular complexity index is 521. The van der Waals surface area contributed by atoms with E-state index in [1.165, 1.54) is 0 Å². The van der Waals surface area contributed by atoms with E-state index in [1.54, 1.807) is 0 Å². The molecule has 3 N–H and O–H groups in total. The molecule has 1 aliphatic carbocycles. The molecule has 0 bridgehead atoms. The second-order valence-electron chi connectivity index (χ2n) is 5.72. The first-order valence-corrected chi connectivity index (χ1v) is 7.24. The van der Waals surface area contributed by atoms with Crippen LogP contribution < -0.4 is 5.32 Å². The average molecular weight is 291 g/mol. The van der Waals surface area contributed by atoms with Gasteiger partial charge in [-0.2, -0.15) is 0 Å². The maximum Gasteiger partial charge on any atom is 0.310 e. The number of nitrogens with one attached hydrogen (secondary N) is 1. The number of hydrogen-bond donors (Lipinski definition) is 3. The average Bonchev–Trinajstić information content (AvgIpc) is 2.95. The minimum absolute atomic E-state index is 0.0378. The minimum Gasteiger partial charge on any atom is -0.481 e. The number of benzene rings is 1. The molecular formula is C16H21NO4. The fourth-order valence-corrected chi connectivity index (χ4v) is 2.93. The molecule has 1 aromatic rings. The fraction of sp³-hybridized carbons (Fsp3) is 0.500. The summed E-state index contributed by atoms with van der Waals surface area (Å²) >= 11 is 0. The van der Waals surface area contributed by atoms with Gasteiger partial charge in [-0.1, -0.05) is 37.1 Å². The van der Waals surface area contributed by atoms with E-state index in [0.29, 0.717) is 19.4 Å². The molecule has 0 unspecified atom stereocenters. The van der Waals surface area contributed by atoms with E-state index in [2.05, 4.69) is 5.32 Å². The van der Waals surface area contributed by atoms with Gasteiger partial charge in [0.05, 0.1) is 12.0 Å². The molecule has 0 radical (unpaired) electrons. The van der Waals surface area contributed by atoms with Crippen LogP contribution in [0.5, 0.6) is 0 Å². The summed E-state index contributed by atoms with van der Waals surface area (Å²) in [7, 11) is 0. The van der Waals surface area contributed by atoms with Crippen molar-refractivity contribution in [3.05, 3.63) is 35.4 Å². The number of carbonyl (C=O) groups excluding carboxylic acids is 1. The van der Waals surface area contributed by atoms with Crippen molar-refractivity contribution in [2.24, 2.45) is 5.41 Å². The van der Waals surface area contributed by atoms with Gasteiger partial charge >= 0.3 is 5.97 Å². The first-order chi connectivity index (χ1) is 10.1. The number of amides is 1. The molecule has 0 spiro atoms. The van der Waals surface area contributed by atoms with E-state index in [1.807, 2.05) is 24.3 Å². The molecule has 0 heterocycles. The molecule has 1 aromatic carbocycles. The second kappa shape index (κ2) is 6.72. The van der Waals surface area contributed by atoms with Crippen LogP contribution >= 0.6 is 0 Å². The largest absolute Gasteiger partial charge is 0.481 e. The van der Waals surface area contributed by atoms with Crippen LogP contribution in [0, 0.1) is 5.41 Å². The Morgan fingerprint density at radius 3 is 2.48 bits per heavy atom. The van der Waals surface area contributed by atoms with Crippen LogP contribution in [0.1, 0.15) is 43.2 Å². The highest BCUT2D eigenvalue weighted by Crippen LogP contribution is 2.41. The Morgan fingerprint density at radius 1 is 1.19 bits per heavy atom. The molecule has 1 saturated carbocycles. The zero-order valence-corrected chi connectivity index (χ0v) is 12.0. The quantitative estimate of drug-likeness (QED) is 0.746. The lowest BCUT2D eigenvalue weighted by molar-refractivity contribution is -0.151. The van der Waals surface area contributed by atoms with Crippen molar-refractivity contribution in [1.82, 2.24) is 5.32 Å². The summed E-state index contributed by atoms with van der Waals surface area (Å²) in [4.78, 5) is 23.4. The van der Waals surface area contributed by atoms with E-state index >= 15 is 0 Å². The zero-order valence-electron chi connectivity index (χ0n) is 12.0. The van der Waals surface area contributed by atoms with E-state index in [0.717, 1.165) is 24.0 Å². The Morgan fingerprint density at radius 2 is 1.86 bits per heavy atom. The lowest BCUT2D eigenvalue weighted by Gasteiger charge is -2.22. The van der Waals surface area contributed by atoms with Gasteiger partial charge in [-0.3, -0.25) is 9.59 Å². The number of carbonyl (C=O) groups is 2.